The molecule has 174 valence electrons. The Labute approximate surface area is 199 Å². The summed E-state index contributed by atoms with van der Waals surface area (Å²) in [7, 11) is 0. The molecule has 0 atom stereocenters. The maximum Gasteiger partial charge on any atom is 0.270 e. The molecule has 2 aromatic rings. The van der Waals surface area contributed by atoms with Crippen molar-refractivity contribution < 1.29 is 9.59 Å². The molecule has 33 heavy (non-hydrogen) atoms. The van der Waals surface area contributed by atoms with Crippen LogP contribution in [0.3, 0.4) is 0 Å². The molecule has 0 unspecified atom stereocenters. The van der Waals surface area contributed by atoms with Crippen LogP contribution >= 0.6 is 23.1 Å². The third kappa shape index (κ3) is 6.22. The zero-order valence-corrected chi connectivity index (χ0v) is 20.0. The zero-order valence-electron chi connectivity index (χ0n) is 18.4. The van der Waals surface area contributed by atoms with Crippen molar-refractivity contribution in [3.05, 3.63) is 37.7 Å². The van der Waals surface area contributed by atoms with Gasteiger partial charge in [-0.2, -0.15) is 5.26 Å². The van der Waals surface area contributed by atoms with Crippen molar-refractivity contribution in [2.45, 2.75) is 20.4 Å². The summed E-state index contributed by atoms with van der Waals surface area (Å²) in [5.41, 5.74) is -0.408. The minimum atomic E-state index is -0.513. The van der Waals surface area contributed by atoms with Crippen LogP contribution in [-0.2, 0) is 16.1 Å². The second-order valence-corrected chi connectivity index (χ2v) is 9.11. The lowest BCUT2D eigenvalue weighted by atomic mass is 10.3. The lowest BCUT2D eigenvalue weighted by Crippen LogP contribution is -2.34. The number of hydrogen-bond acceptors (Lipinski definition) is 9. The van der Waals surface area contributed by atoms with Gasteiger partial charge in [-0.1, -0.05) is 6.07 Å². The van der Waals surface area contributed by atoms with Crippen molar-refractivity contribution >= 4 is 58.3 Å². The van der Waals surface area contributed by atoms with Crippen LogP contribution in [0.25, 0.3) is 11.8 Å². The maximum atomic E-state index is 12.8. The number of nitrogens with zero attached hydrogens (tertiary/aromatic N) is 4. The Hall–Kier alpha value is -3.14. The van der Waals surface area contributed by atoms with Crippen LogP contribution in [0.5, 0.6) is 0 Å². The first kappa shape index (κ1) is 24.5. The molecule has 1 saturated heterocycles. The van der Waals surface area contributed by atoms with Gasteiger partial charge >= 0.3 is 0 Å². The SMILES string of the molecule is CCNC(=O)/C(C#N)=c1\s/c(=C/Nc2cccc(NC(=O)CN3CCSC3)n2)c(=O)n1CC. The molecule has 1 aliphatic heterocycles. The molecular weight excluding hydrogens is 462 g/mol. The van der Waals surface area contributed by atoms with Gasteiger partial charge in [0, 0.05) is 37.5 Å². The second-order valence-electron chi connectivity index (χ2n) is 7.00. The van der Waals surface area contributed by atoms with Gasteiger partial charge in [0.25, 0.3) is 11.5 Å². The van der Waals surface area contributed by atoms with E-state index in [1.807, 2.05) is 6.07 Å². The molecule has 10 nitrogen and oxygen atoms in total. The summed E-state index contributed by atoms with van der Waals surface area (Å²) in [6.07, 6.45) is 1.49. The molecule has 0 saturated carbocycles. The monoisotopic (exact) mass is 487 g/mol. The molecule has 0 bridgehead atoms. The number of nitrogens with one attached hydrogen (secondary N) is 3. The Balaban J connectivity index is 1.82. The molecule has 1 aliphatic rings. The Morgan fingerprint density at radius 2 is 2.09 bits per heavy atom. The minimum Gasteiger partial charge on any atom is -0.352 e. The first-order valence-corrected chi connectivity index (χ1v) is 12.4. The smallest absolute Gasteiger partial charge is 0.270 e. The summed E-state index contributed by atoms with van der Waals surface area (Å²) < 4.78 is 2.02. The van der Waals surface area contributed by atoms with Gasteiger partial charge < -0.3 is 16.0 Å². The van der Waals surface area contributed by atoms with Crippen LogP contribution in [0.2, 0.25) is 0 Å². The van der Waals surface area contributed by atoms with Gasteiger partial charge in [-0.15, -0.1) is 23.1 Å². The standard InChI is InChI=1S/C21H25N7O3S2/c1-3-23-19(30)14(10-22)21-28(4-2)20(31)15(33-21)11-24-16-6-5-7-17(25-16)26-18(29)12-27-8-9-32-13-27/h5-7,11H,3-4,8-9,12-13H2,1-2H3,(H,23,30)(H2,24,25,26,29)/b15-11+,21-14-. The lowest BCUT2D eigenvalue weighted by Gasteiger charge is -2.13. The number of anilines is 2. The first-order chi connectivity index (χ1) is 16.0. The van der Waals surface area contributed by atoms with Crippen molar-refractivity contribution in [1.29, 1.82) is 5.26 Å². The number of nitriles is 1. The summed E-state index contributed by atoms with van der Waals surface area (Å²) in [6.45, 7) is 5.43. The van der Waals surface area contributed by atoms with Crippen molar-refractivity contribution in [2.75, 3.05) is 41.9 Å². The average Bonchev–Trinajstić information content (AvgIpc) is 3.41. The number of aromatic nitrogens is 2. The Bertz CT molecular complexity index is 1240. The normalized spacial score (nSPS) is 15.1. The fraction of sp³-hybridized carbons (Fsp3) is 0.381. The molecule has 1 fully saturated rings. The second kappa shape index (κ2) is 11.6. The Morgan fingerprint density at radius 3 is 2.76 bits per heavy atom. The van der Waals surface area contributed by atoms with E-state index in [9.17, 15) is 19.6 Å². The number of rotatable bonds is 8. The molecule has 3 heterocycles. The van der Waals surface area contributed by atoms with Crippen LogP contribution in [-0.4, -0.2) is 57.5 Å². The summed E-state index contributed by atoms with van der Waals surface area (Å²) in [5, 5.41) is 17.8. The first-order valence-electron chi connectivity index (χ1n) is 10.4. The Morgan fingerprint density at radius 1 is 1.30 bits per heavy atom. The third-order valence-corrected chi connectivity index (χ3v) is 6.82. The number of thioether (sulfide) groups is 1. The van der Waals surface area contributed by atoms with E-state index in [1.54, 1.807) is 43.8 Å². The molecule has 0 aliphatic carbocycles. The molecule has 2 aromatic heterocycles. The maximum absolute atomic E-state index is 12.8. The van der Waals surface area contributed by atoms with E-state index < -0.39 is 5.91 Å². The van der Waals surface area contributed by atoms with E-state index in [0.717, 1.165) is 29.5 Å². The summed E-state index contributed by atoms with van der Waals surface area (Å²) in [5.74, 6) is 2.07. The highest BCUT2D eigenvalue weighted by Crippen LogP contribution is 2.13. The number of amides is 2. The number of carbonyl (C=O) groups excluding carboxylic acids is 2. The molecule has 0 radical (unpaired) electrons. The molecule has 0 spiro atoms. The number of carbonyl (C=O) groups is 2. The predicted octanol–water partition coefficient (Wildman–Crippen LogP) is -0.0700. The minimum absolute atomic E-state index is 0.0975. The lowest BCUT2D eigenvalue weighted by molar-refractivity contribution is -0.117. The van der Waals surface area contributed by atoms with Gasteiger partial charge in [-0.3, -0.25) is 23.9 Å². The van der Waals surface area contributed by atoms with E-state index in [1.165, 1.54) is 10.8 Å². The average molecular weight is 488 g/mol. The van der Waals surface area contributed by atoms with Crippen LogP contribution in [0.15, 0.2) is 23.0 Å². The van der Waals surface area contributed by atoms with Crippen LogP contribution in [0.4, 0.5) is 11.6 Å². The van der Waals surface area contributed by atoms with Crippen molar-refractivity contribution in [3.63, 3.8) is 0 Å². The van der Waals surface area contributed by atoms with E-state index in [2.05, 4.69) is 25.8 Å². The van der Waals surface area contributed by atoms with Crippen LogP contribution in [0, 0.1) is 11.3 Å². The largest absolute Gasteiger partial charge is 0.352 e. The third-order valence-electron chi connectivity index (χ3n) is 4.67. The van der Waals surface area contributed by atoms with E-state index in [-0.39, 0.29) is 17.0 Å². The van der Waals surface area contributed by atoms with Gasteiger partial charge in [-0.05, 0) is 26.0 Å². The summed E-state index contributed by atoms with van der Waals surface area (Å²) in [4.78, 5) is 43.7. The van der Waals surface area contributed by atoms with Gasteiger partial charge in [0.2, 0.25) is 5.91 Å². The molecule has 2 amide bonds. The van der Waals surface area contributed by atoms with E-state index in [0.29, 0.717) is 40.5 Å². The van der Waals surface area contributed by atoms with Crippen molar-refractivity contribution in [2.24, 2.45) is 0 Å². The zero-order chi connectivity index (χ0) is 23.8. The topological polar surface area (TPSA) is 132 Å². The highest BCUT2D eigenvalue weighted by Gasteiger charge is 2.16. The van der Waals surface area contributed by atoms with E-state index >= 15 is 0 Å². The van der Waals surface area contributed by atoms with Crippen molar-refractivity contribution in [1.82, 2.24) is 19.8 Å². The van der Waals surface area contributed by atoms with Gasteiger partial charge in [0.1, 0.15) is 26.9 Å². The number of hydrogen-bond donors (Lipinski definition) is 3. The molecule has 3 N–H and O–H groups in total. The van der Waals surface area contributed by atoms with Gasteiger partial charge in [-0.25, -0.2) is 4.98 Å². The fourth-order valence-electron chi connectivity index (χ4n) is 3.12. The Kier molecular flexibility index (Phi) is 8.65. The highest BCUT2D eigenvalue weighted by molar-refractivity contribution is 7.99. The van der Waals surface area contributed by atoms with E-state index in [4.69, 9.17) is 0 Å². The van der Waals surface area contributed by atoms with Crippen LogP contribution < -0.4 is 30.7 Å². The quantitative estimate of drug-likeness (QED) is 0.472. The predicted molar refractivity (Wildman–Crippen MR) is 131 cm³/mol. The molecule has 3 rings (SSSR count). The molecule has 12 heteroatoms. The van der Waals surface area contributed by atoms with Crippen LogP contribution in [0.1, 0.15) is 13.8 Å². The summed E-state index contributed by atoms with van der Waals surface area (Å²) >= 11 is 2.85. The number of thiazole rings is 1. The summed E-state index contributed by atoms with van der Waals surface area (Å²) in [6, 6.07) is 7.04. The highest BCUT2D eigenvalue weighted by atomic mass is 32.2. The fourth-order valence-corrected chi connectivity index (χ4v) is 5.20. The van der Waals surface area contributed by atoms with Gasteiger partial charge in [0.05, 0.1) is 6.54 Å². The number of pyridine rings is 1. The molecule has 0 aromatic carbocycles. The molecular formula is C21H25N7O3S2. The van der Waals surface area contributed by atoms with Crippen molar-refractivity contribution in [3.8, 4) is 6.07 Å². The van der Waals surface area contributed by atoms with Gasteiger partial charge in [0.15, 0.2) is 5.57 Å².